The summed E-state index contributed by atoms with van der Waals surface area (Å²) < 4.78 is 7.14. The predicted molar refractivity (Wildman–Crippen MR) is 82.3 cm³/mol. The Bertz CT molecular complexity index is 652. The molecule has 0 atom stereocenters. The molecule has 0 aliphatic rings. The fourth-order valence-electron chi connectivity index (χ4n) is 2.01. The smallest absolute Gasteiger partial charge is 0.340 e. The summed E-state index contributed by atoms with van der Waals surface area (Å²) >= 11 is 5.90. The number of carbonyl (C=O) groups excluding carboxylic acids is 1. The van der Waals surface area contributed by atoms with Crippen LogP contribution in [0.15, 0.2) is 24.3 Å². The van der Waals surface area contributed by atoms with Crippen molar-refractivity contribution < 1.29 is 9.53 Å². The molecule has 1 aromatic carbocycles. The lowest BCUT2D eigenvalue weighted by atomic mass is 10.2. The molecule has 0 fully saturated rings. The Morgan fingerprint density at radius 2 is 2.19 bits per heavy atom. The van der Waals surface area contributed by atoms with Crippen LogP contribution in [0.2, 0.25) is 5.02 Å². The van der Waals surface area contributed by atoms with Gasteiger partial charge < -0.3 is 10.5 Å². The van der Waals surface area contributed by atoms with E-state index in [1.807, 2.05) is 24.6 Å². The molecular weight excluding hydrogens is 290 g/mol. The van der Waals surface area contributed by atoms with E-state index in [1.54, 1.807) is 18.2 Å². The summed E-state index contributed by atoms with van der Waals surface area (Å²) in [7, 11) is 0. The Hall–Kier alpha value is -2.01. The SMILES string of the molecule is CCc1cc(COC(=O)c2cccc(Cl)c2N)n(CC)n1. The first kappa shape index (κ1) is 15.4. The number of hydrogen-bond donors (Lipinski definition) is 1. The minimum atomic E-state index is -0.489. The lowest BCUT2D eigenvalue weighted by Gasteiger charge is -2.08. The highest BCUT2D eigenvalue weighted by molar-refractivity contribution is 6.33. The number of aromatic nitrogens is 2. The fourth-order valence-corrected chi connectivity index (χ4v) is 2.18. The van der Waals surface area contributed by atoms with Gasteiger partial charge in [0.05, 0.1) is 27.7 Å². The zero-order chi connectivity index (χ0) is 15.4. The molecule has 1 heterocycles. The largest absolute Gasteiger partial charge is 0.456 e. The van der Waals surface area contributed by atoms with Crippen molar-refractivity contribution in [1.82, 2.24) is 9.78 Å². The number of hydrogen-bond acceptors (Lipinski definition) is 4. The molecule has 0 saturated carbocycles. The number of carbonyl (C=O) groups is 1. The molecule has 0 aliphatic heterocycles. The van der Waals surface area contributed by atoms with Gasteiger partial charge in [-0.2, -0.15) is 5.10 Å². The lowest BCUT2D eigenvalue weighted by molar-refractivity contribution is 0.0463. The number of benzene rings is 1. The van der Waals surface area contributed by atoms with Crippen molar-refractivity contribution in [3.63, 3.8) is 0 Å². The van der Waals surface area contributed by atoms with Crippen LogP contribution in [0.1, 0.15) is 35.6 Å². The molecule has 2 rings (SSSR count). The normalized spacial score (nSPS) is 10.6. The maximum absolute atomic E-state index is 12.1. The molecule has 0 aliphatic carbocycles. The third-order valence-electron chi connectivity index (χ3n) is 3.20. The number of ether oxygens (including phenoxy) is 1. The van der Waals surface area contributed by atoms with Gasteiger partial charge in [0, 0.05) is 6.54 Å². The second-order valence-corrected chi connectivity index (χ2v) is 4.98. The molecule has 21 heavy (non-hydrogen) atoms. The number of rotatable bonds is 5. The second-order valence-electron chi connectivity index (χ2n) is 4.57. The Balaban J connectivity index is 2.11. The minimum Gasteiger partial charge on any atom is -0.456 e. The molecule has 0 spiro atoms. The average Bonchev–Trinajstić information content (AvgIpc) is 2.90. The average molecular weight is 308 g/mol. The molecule has 6 heteroatoms. The Morgan fingerprint density at radius 1 is 1.43 bits per heavy atom. The van der Waals surface area contributed by atoms with Crippen LogP contribution in [0.5, 0.6) is 0 Å². The van der Waals surface area contributed by atoms with Crippen LogP contribution in [-0.4, -0.2) is 15.7 Å². The van der Waals surface area contributed by atoms with Gasteiger partial charge in [0.2, 0.25) is 0 Å². The minimum absolute atomic E-state index is 0.158. The molecule has 0 amide bonds. The Kier molecular flexibility index (Phi) is 4.85. The first-order valence-corrected chi connectivity index (χ1v) is 7.21. The molecule has 1 aromatic heterocycles. The van der Waals surface area contributed by atoms with E-state index in [1.165, 1.54) is 0 Å². The molecule has 0 unspecified atom stereocenters. The lowest BCUT2D eigenvalue weighted by Crippen LogP contribution is -2.11. The van der Waals surface area contributed by atoms with Gasteiger partial charge >= 0.3 is 5.97 Å². The number of halogens is 1. The summed E-state index contributed by atoms with van der Waals surface area (Å²) in [5.41, 5.74) is 8.14. The summed E-state index contributed by atoms with van der Waals surface area (Å²) in [4.78, 5) is 12.1. The summed E-state index contributed by atoms with van der Waals surface area (Å²) in [6, 6.07) is 6.84. The second kappa shape index (κ2) is 6.63. The van der Waals surface area contributed by atoms with Gasteiger partial charge in [0.15, 0.2) is 0 Å². The highest BCUT2D eigenvalue weighted by Gasteiger charge is 2.14. The first-order chi connectivity index (χ1) is 10.1. The molecule has 112 valence electrons. The van der Waals surface area contributed by atoms with Crippen LogP contribution in [0.25, 0.3) is 0 Å². The quantitative estimate of drug-likeness (QED) is 0.681. The first-order valence-electron chi connectivity index (χ1n) is 6.83. The van der Waals surface area contributed by atoms with E-state index >= 15 is 0 Å². The standard InChI is InChI=1S/C15H18ClN3O2/c1-3-10-8-11(19(4-2)18-10)9-21-15(20)12-6-5-7-13(16)14(12)17/h5-8H,3-4,9,17H2,1-2H3. The van der Waals surface area contributed by atoms with Crippen molar-refractivity contribution in [3.05, 3.63) is 46.2 Å². The van der Waals surface area contributed by atoms with Crippen LogP contribution in [-0.2, 0) is 24.3 Å². The van der Waals surface area contributed by atoms with Gasteiger partial charge in [-0.3, -0.25) is 4.68 Å². The summed E-state index contributed by atoms with van der Waals surface area (Å²) in [6.07, 6.45) is 0.842. The van der Waals surface area contributed by atoms with Gasteiger partial charge in [-0.1, -0.05) is 24.6 Å². The Morgan fingerprint density at radius 3 is 2.86 bits per heavy atom. The van der Waals surface area contributed by atoms with E-state index in [4.69, 9.17) is 22.1 Å². The maximum atomic E-state index is 12.1. The van der Waals surface area contributed by atoms with Crippen LogP contribution < -0.4 is 5.73 Å². The van der Waals surface area contributed by atoms with Gasteiger partial charge in [-0.05, 0) is 31.5 Å². The summed E-state index contributed by atoms with van der Waals surface area (Å²) in [5, 5.41) is 4.75. The van der Waals surface area contributed by atoms with E-state index in [-0.39, 0.29) is 17.9 Å². The molecule has 2 aromatic rings. The van der Waals surface area contributed by atoms with E-state index in [9.17, 15) is 4.79 Å². The molecule has 0 radical (unpaired) electrons. The molecule has 5 nitrogen and oxygen atoms in total. The van der Waals surface area contributed by atoms with Crippen LogP contribution in [0.4, 0.5) is 5.69 Å². The fraction of sp³-hybridized carbons (Fsp3) is 0.333. The van der Waals surface area contributed by atoms with Gasteiger partial charge in [-0.15, -0.1) is 0 Å². The van der Waals surface area contributed by atoms with Gasteiger partial charge in [0.25, 0.3) is 0 Å². The van der Waals surface area contributed by atoms with Gasteiger partial charge in [0.1, 0.15) is 6.61 Å². The highest BCUT2D eigenvalue weighted by atomic mass is 35.5. The Labute approximate surface area is 128 Å². The van der Waals surface area contributed by atoms with Crippen molar-refractivity contribution >= 4 is 23.3 Å². The van der Waals surface area contributed by atoms with Crippen LogP contribution in [0.3, 0.4) is 0 Å². The predicted octanol–water partition coefficient (Wildman–Crippen LogP) is 3.06. The van der Waals surface area contributed by atoms with Crippen molar-refractivity contribution in [2.24, 2.45) is 0 Å². The number of nitrogens with two attached hydrogens (primary N) is 1. The van der Waals surface area contributed by atoms with Crippen molar-refractivity contribution in [2.45, 2.75) is 33.4 Å². The molecule has 0 saturated heterocycles. The highest BCUT2D eigenvalue weighted by Crippen LogP contribution is 2.23. The summed E-state index contributed by atoms with van der Waals surface area (Å²) in [5.74, 6) is -0.489. The van der Waals surface area contributed by atoms with Crippen LogP contribution >= 0.6 is 11.6 Å². The number of anilines is 1. The topological polar surface area (TPSA) is 70.1 Å². The number of nitrogen functional groups attached to an aromatic ring is 1. The van der Waals surface area contributed by atoms with Gasteiger partial charge in [-0.25, -0.2) is 4.79 Å². The third-order valence-corrected chi connectivity index (χ3v) is 3.53. The van der Waals surface area contributed by atoms with Crippen molar-refractivity contribution in [3.8, 4) is 0 Å². The van der Waals surface area contributed by atoms with Crippen LogP contribution in [0, 0.1) is 0 Å². The molecular formula is C15H18ClN3O2. The zero-order valence-electron chi connectivity index (χ0n) is 12.1. The zero-order valence-corrected chi connectivity index (χ0v) is 12.9. The molecule has 2 N–H and O–H groups in total. The maximum Gasteiger partial charge on any atom is 0.340 e. The number of aryl methyl sites for hydroxylation is 2. The number of para-hydroxylation sites is 1. The molecule has 0 bridgehead atoms. The number of esters is 1. The van der Waals surface area contributed by atoms with E-state index in [2.05, 4.69) is 5.10 Å². The summed E-state index contributed by atoms with van der Waals surface area (Å²) in [6.45, 7) is 4.91. The van der Waals surface area contributed by atoms with Crippen molar-refractivity contribution in [1.29, 1.82) is 0 Å². The van der Waals surface area contributed by atoms with E-state index in [0.717, 1.165) is 24.4 Å². The monoisotopic (exact) mass is 307 g/mol. The number of nitrogens with zero attached hydrogens (tertiary/aromatic N) is 2. The van der Waals surface area contributed by atoms with E-state index in [0.29, 0.717) is 5.02 Å². The van der Waals surface area contributed by atoms with E-state index < -0.39 is 5.97 Å². The van der Waals surface area contributed by atoms with Crippen molar-refractivity contribution in [2.75, 3.05) is 5.73 Å². The third kappa shape index (κ3) is 3.36.